The predicted molar refractivity (Wildman–Crippen MR) is 93.6 cm³/mol. The van der Waals surface area contributed by atoms with E-state index >= 15 is 0 Å². The van der Waals surface area contributed by atoms with Crippen LogP contribution in [-0.2, 0) is 11.3 Å². The highest BCUT2D eigenvalue weighted by atomic mass is 35.5. The van der Waals surface area contributed by atoms with Crippen molar-refractivity contribution in [3.63, 3.8) is 0 Å². The molecule has 1 aliphatic rings. The molecule has 2 aromatic rings. The molecule has 1 fully saturated rings. The molecule has 0 spiro atoms. The van der Waals surface area contributed by atoms with Gasteiger partial charge in [0.1, 0.15) is 0 Å². The van der Waals surface area contributed by atoms with Crippen molar-refractivity contribution in [1.29, 1.82) is 0 Å². The van der Waals surface area contributed by atoms with Crippen LogP contribution in [0, 0.1) is 5.92 Å². The van der Waals surface area contributed by atoms with Gasteiger partial charge in [0.05, 0.1) is 18.4 Å². The van der Waals surface area contributed by atoms with Crippen LogP contribution in [0.1, 0.15) is 31.2 Å². The van der Waals surface area contributed by atoms with Gasteiger partial charge < -0.3 is 11.1 Å². The van der Waals surface area contributed by atoms with Gasteiger partial charge >= 0.3 is 0 Å². The van der Waals surface area contributed by atoms with Gasteiger partial charge in [-0.05, 0) is 24.3 Å². The Kier molecular flexibility index (Phi) is 6.19. The number of carbonyl (C=O) groups excluding carboxylic acids is 1. The van der Waals surface area contributed by atoms with Crippen molar-refractivity contribution in [1.82, 2.24) is 9.78 Å². The van der Waals surface area contributed by atoms with E-state index in [2.05, 4.69) is 22.5 Å². The lowest BCUT2D eigenvalue weighted by molar-refractivity contribution is -0.117. The van der Waals surface area contributed by atoms with Gasteiger partial charge in [-0.3, -0.25) is 9.48 Å². The van der Waals surface area contributed by atoms with Gasteiger partial charge in [-0.2, -0.15) is 5.10 Å². The van der Waals surface area contributed by atoms with Crippen LogP contribution in [0.3, 0.4) is 0 Å². The zero-order valence-corrected chi connectivity index (χ0v) is 13.8. The van der Waals surface area contributed by atoms with Gasteiger partial charge in [-0.15, -0.1) is 12.4 Å². The maximum absolute atomic E-state index is 12.1. The van der Waals surface area contributed by atoms with E-state index in [0.717, 1.165) is 24.9 Å². The molecule has 1 saturated carbocycles. The van der Waals surface area contributed by atoms with E-state index in [4.69, 9.17) is 5.73 Å². The predicted octanol–water partition coefficient (Wildman–Crippen LogP) is 2.81. The molecular formula is C17H23ClN4O. The second kappa shape index (κ2) is 8.13. The summed E-state index contributed by atoms with van der Waals surface area (Å²) >= 11 is 0. The summed E-state index contributed by atoms with van der Waals surface area (Å²) in [6.07, 6.45) is 7.28. The Bertz CT molecular complexity index is 629. The van der Waals surface area contributed by atoms with Crippen LogP contribution in [0.15, 0.2) is 42.7 Å². The minimum absolute atomic E-state index is 0. The van der Waals surface area contributed by atoms with Crippen molar-refractivity contribution in [2.24, 2.45) is 11.7 Å². The third-order valence-electron chi connectivity index (χ3n) is 4.27. The Morgan fingerprint density at radius 3 is 2.78 bits per heavy atom. The van der Waals surface area contributed by atoms with Crippen molar-refractivity contribution in [2.45, 2.75) is 38.3 Å². The molecule has 124 valence electrons. The largest absolute Gasteiger partial charge is 0.327 e. The second-order valence-electron chi connectivity index (χ2n) is 6.02. The third-order valence-corrected chi connectivity index (χ3v) is 4.27. The summed E-state index contributed by atoms with van der Waals surface area (Å²) in [5, 5.41) is 7.21. The maximum atomic E-state index is 12.1. The SMILES string of the molecule is Cl.N[C@@H]1CCC[C@H]1CC(=O)Nc1cnn(Cc2ccccc2)c1. The molecule has 0 bridgehead atoms. The number of hydrogen-bond donors (Lipinski definition) is 2. The second-order valence-corrected chi connectivity index (χ2v) is 6.02. The average Bonchev–Trinajstić information content (AvgIpc) is 3.10. The number of nitrogens with one attached hydrogen (secondary N) is 1. The molecule has 1 amide bonds. The van der Waals surface area contributed by atoms with E-state index in [1.54, 1.807) is 6.20 Å². The Hall–Kier alpha value is -1.85. The molecular weight excluding hydrogens is 312 g/mol. The molecule has 6 heteroatoms. The fourth-order valence-corrected chi connectivity index (χ4v) is 3.05. The quantitative estimate of drug-likeness (QED) is 0.883. The zero-order chi connectivity index (χ0) is 15.4. The highest BCUT2D eigenvalue weighted by Crippen LogP contribution is 2.27. The van der Waals surface area contributed by atoms with Gasteiger partial charge in [-0.1, -0.05) is 36.8 Å². The lowest BCUT2D eigenvalue weighted by atomic mass is 10.00. The maximum Gasteiger partial charge on any atom is 0.224 e. The van der Waals surface area contributed by atoms with Gasteiger partial charge in [0.2, 0.25) is 5.91 Å². The van der Waals surface area contributed by atoms with Gasteiger partial charge in [0.15, 0.2) is 0 Å². The number of aromatic nitrogens is 2. The van der Waals surface area contributed by atoms with Gasteiger partial charge in [0.25, 0.3) is 0 Å². The first kappa shape index (κ1) is 17.5. The van der Waals surface area contributed by atoms with Crippen LogP contribution in [-0.4, -0.2) is 21.7 Å². The van der Waals surface area contributed by atoms with E-state index in [-0.39, 0.29) is 24.4 Å². The Labute approximate surface area is 142 Å². The summed E-state index contributed by atoms with van der Waals surface area (Å²) in [6.45, 7) is 0.699. The van der Waals surface area contributed by atoms with Crippen molar-refractivity contribution in [2.75, 3.05) is 5.32 Å². The normalized spacial score (nSPS) is 20.0. The minimum Gasteiger partial charge on any atom is -0.327 e. The molecule has 0 unspecified atom stereocenters. The summed E-state index contributed by atoms with van der Waals surface area (Å²) in [5.41, 5.74) is 7.94. The first-order valence-corrected chi connectivity index (χ1v) is 7.82. The number of amides is 1. The van der Waals surface area contributed by atoms with E-state index in [1.807, 2.05) is 29.1 Å². The van der Waals surface area contributed by atoms with Crippen LogP contribution in [0.25, 0.3) is 0 Å². The molecule has 3 rings (SSSR count). The molecule has 1 aromatic heterocycles. The van der Waals surface area contributed by atoms with Crippen LogP contribution in [0.4, 0.5) is 5.69 Å². The fraction of sp³-hybridized carbons (Fsp3) is 0.412. The number of nitrogens with two attached hydrogens (primary N) is 1. The van der Waals surface area contributed by atoms with E-state index < -0.39 is 0 Å². The van der Waals surface area contributed by atoms with E-state index in [0.29, 0.717) is 18.9 Å². The van der Waals surface area contributed by atoms with Gasteiger partial charge in [0, 0.05) is 18.7 Å². The molecule has 5 nitrogen and oxygen atoms in total. The molecule has 1 aliphatic carbocycles. The molecule has 0 saturated heterocycles. The zero-order valence-electron chi connectivity index (χ0n) is 13.0. The summed E-state index contributed by atoms with van der Waals surface area (Å²) in [6, 6.07) is 10.3. The van der Waals surface area contributed by atoms with Crippen LogP contribution in [0.2, 0.25) is 0 Å². The standard InChI is InChI=1S/C17H22N4O.ClH/c18-16-8-4-7-14(16)9-17(22)20-15-10-19-21(12-15)11-13-5-2-1-3-6-13;/h1-3,5-6,10,12,14,16H,4,7-9,11,18H2,(H,20,22);1H/t14-,16+;/m0./s1. The number of carbonyl (C=O) groups is 1. The van der Waals surface area contributed by atoms with Crippen molar-refractivity contribution in [3.05, 3.63) is 48.3 Å². The molecule has 3 N–H and O–H groups in total. The van der Waals surface area contributed by atoms with Crippen LogP contribution in [0.5, 0.6) is 0 Å². The highest BCUT2D eigenvalue weighted by Gasteiger charge is 2.26. The Morgan fingerprint density at radius 2 is 2.09 bits per heavy atom. The van der Waals surface area contributed by atoms with Crippen LogP contribution < -0.4 is 11.1 Å². The average molecular weight is 335 g/mol. The number of hydrogen-bond acceptors (Lipinski definition) is 3. The van der Waals surface area contributed by atoms with Gasteiger partial charge in [-0.25, -0.2) is 0 Å². The third kappa shape index (κ3) is 4.81. The first-order chi connectivity index (χ1) is 10.7. The molecule has 0 aliphatic heterocycles. The lowest BCUT2D eigenvalue weighted by Crippen LogP contribution is -2.28. The highest BCUT2D eigenvalue weighted by molar-refractivity contribution is 5.90. The number of rotatable bonds is 5. The topological polar surface area (TPSA) is 72.9 Å². The van der Waals surface area contributed by atoms with Crippen molar-refractivity contribution in [3.8, 4) is 0 Å². The monoisotopic (exact) mass is 334 g/mol. The van der Waals surface area contributed by atoms with Crippen molar-refractivity contribution < 1.29 is 4.79 Å². The number of nitrogens with zero attached hydrogens (tertiary/aromatic N) is 2. The molecule has 1 aromatic carbocycles. The van der Waals surface area contributed by atoms with E-state index in [1.165, 1.54) is 5.56 Å². The molecule has 0 radical (unpaired) electrons. The number of anilines is 1. The van der Waals surface area contributed by atoms with Crippen molar-refractivity contribution >= 4 is 24.0 Å². The summed E-state index contributed by atoms with van der Waals surface area (Å²) in [5.74, 6) is 0.348. The molecule has 1 heterocycles. The lowest BCUT2D eigenvalue weighted by Gasteiger charge is -2.14. The minimum atomic E-state index is 0. The molecule has 23 heavy (non-hydrogen) atoms. The number of halogens is 1. The Balaban J connectivity index is 0.00000192. The smallest absolute Gasteiger partial charge is 0.224 e. The summed E-state index contributed by atoms with van der Waals surface area (Å²) in [4.78, 5) is 12.1. The molecule has 2 atom stereocenters. The number of benzene rings is 1. The Morgan fingerprint density at radius 1 is 1.30 bits per heavy atom. The van der Waals surface area contributed by atoms with E-state index in [9.17, 15) is 4.79 Å². The summed E-state index contributed by atoms with van der Waals surface area (Å²) < 4.78 is 1.83. The fourth-order valence-electron chi connectivity index (χ4n) is 3.05. The first-order valence-electron chi connectivity index (χ1n) is 7.82. The summed E-state index contributed by atoms with van der Waals surface area (Å²) in [7, 11) is 0. The van der Waals surface area contributed by atoms with Crippen LogP contribution >= 0.6 is 12.4 Å².